The number of aromatic carboxylic acids is 1. The summed E-state index contributed by atoms with van der Waals surface area (Å²) in [5.41, 5.74) is 0.559. The van der Waals surface area contributed by atoms with Crippen molar-refractivity contribution in [3.05, 3.63) is 40.1 Å². The molecule has 0 saturated heterocycles. The van der Waals surface area contributed by atoms with E-state index in [0.717, 1.165) is 5.01 Å². The van der Waals surface area contributed by atoms with Gasteiger partial charge in [-0.15, -0.1) is 11.3 Å². The first-order valence-corrected chi connectivity index (χ1v) is 6.28. The first-order chi connectivity index (χ1) is 8.58. The molecule has 0 aliphatic rings. The van der Waals surface area contributed by atoms with Crippen LogP contribution in [0.2, 0.25) is 0 Å². The van der Waals surface area contributed by atoms with Crippen LogP contribution in [0.15, 0.2) is 23.8 Å². The summed E-state index contributed by atoms with van der Waals surface area (Å²) in [7, 11) is 0. The molecule has 0 amide bonds. The van der Waals surface area contributed by atoms with Gasteiger partial charge in [0.1, 0.15) is 5.69 Å². The molecule has 2 aromatic heterocycles. The van der Waals surface area contributed by atoms with Gasteiger partial charge in [-0.3, -0.25) is 4.79 Å². The summed E-state index contributed by atoms with van der Waals surface area (Å²) in [6.45, 7) is 1.93. The second-order valence-corrected chi connectivity index (χ2v) is 4.82. The zero-order valence-corrected chi connectivity index (χ0v) is 10.6. The van der Waals surface area contributed by atoms with Gasteiger partial charge in [0.05, 0.1) is 5.01 Å². The van der Waals surface area contributed by atoms with E-state index < -0.39 is 5.97 Å². The lowest BCUT2D eigenvalue weighted by molar-refractivity contribution is 0.0685. The van der Waals surface area contributed by atoms with Crippen LogP contribution >= 0.6 is 11.3 Å². The van der Waals surface area contributed by atoms with Gasteiger partial charge in [0.2, 0.25) is 0 Å². The number of aryl methyl sites for hydroxylation is 2. The van der Waals surface area contributed by atoms with Crippen molar-refractivity contribution in [3.8, 4) is 0 Å². The van der Waals surface area contributed by atoms with E-state index in [1.807, 2.05) is 5.38 Å². The number of nitrogens with zero attached hydrogens (tertiary/aromatic N) is 2. The molecule has 6 heteroatoms. The number of carboxylic acid groups (broad SMARTS) is 1. The van der Waals surface area contributed by atoms with E-state index in [2.05, 4.69) is 4.98 Å². The SMILES string of the molecule is CC(=O)c1cc(C(=O)O)n(CCc2nccs2)c1. The highest BCUT2D eigenvalue weighted by molar-refractivity contribution is 7.09. The van der Waals surface area contributed by atoms with E-state index >= 15 is 0 Å². The number of Topliss-reactive ketones (excluding diaryl/α,β-unsaturated/α-hetero) is 1. The van der Waals surface area contributed by atoms with E-state index in [9.17, 15) is 9.59 Å². The van der Waals surface area contributed by atoms with Crippen LogP contribution in [-0.2, 0) is 13.0 Å². The Morgan fingerprint density at radius 3 is 2.83 bits per heavy atom. The molecule has 0 unspecified atom stereocenters. The molecule has 2 heterocycles. The van der Waals surface area contributed by atoms with Crippen LogP contribution in [0.5, 0.6) is 0 Å². The maximum absolute atomic E-state index is 11.2. The largest absolute Gasteiger partial charge is 0.477 e. The lowest BCUT2D eigenvalue weighted by Crippen LogP contribution is -2.09. The van der Waals surface area contributed by atoms with Crippen molar-refractivity contribution in [3.63, 3.8) is 0 Å². The molecule has 1 N–H and O–H groups in total. The number of hydrogen-bond donors (Lipinski definition) is 1. The molecule has 5 nitrogen and oxygen atoms in total. The highest BCUT2D eigenvalue weighted by atomic mass is 32.1. The summed E-state index contributed by atoms with van der Waals surface area (Å²) in [6.07, 6.45) is 3.96. The van der Waals surface area contributed by atoms with E-state index in [0.29, 0.717) is 18.5 Å². The first kappa shape index (κ1) is 12.5. The highest BCUT2D eigenvalue weighted by Crippen LogP contribution is 2.12. The maximum atomic E-state index is 11.2. The topological polar surface area (TPSA) is 72.2 Å². The quantitative estimate of drug-likeness (QED) is 0.839. The van der Waals surface area contributed by atoms with Gasteiger partial charge >= 0.3 is 5.97 Å². The Bertz CT molecular complexity index is 572. The van der Waals surface area contributed by atoms with Gasteiger partial charge in [0.15, 0.2) is 5.78 Å². The predicted octanol–water partition coefficient (Wildman–Crippen LogP) is 2.09. The minimum Gasteiger partial charge on any atom is -0.477 e. The van der Waals surface area contributed by atoms with Crippen LogP contribution in [-0.4, -0.2) is 26.4 Å². The van der Waals surface area contributed by atoms with Crippen LogP contribution in [0.25, 0.3) is 0 Å². The smallest absolute Gasteiger partial charge is 0.352 e. The molecule has 94 valence electrons. The highest BCUT2D eigenvalue weighted by Gasteiger charge is 2.14. The second-order valence-electron chi connectivity index (χ2n) is 3.84. The third-order valence-electron chi connectivity index (χ3n) is 2.57. The van der Waals surface area contributed by atoms with Crippen molar-refractivity contribution < 1.29 is 14.7 Å². The molecule has 0 radical (unpaired) electrons. The van der Waals surface area contributed by atoms with Gasteiger partial charge < -0.3 is 9.67 Å². The Hall–Kier alpha value is -1.95. The van der Waals surface area contributed by atoms with Crippen LogP contribution in [0.3, 0.4) is 0 Å². The number of thiazole rings is 1. The Morgan fingerprint density at radius 1 is 1.50 bits per heavy atom. The molecule has 2 aromatic rings. The number of carbonyl (C=O) groups excluding carboxylic acids is 1. The van der Waals surface area contributed by atoms with Crippen molar-refractivity contribution in [1.29, 1.82) is 0 Å². The van der Waals surface area contributed by atoms with Crippen molar-refractivity contribution in [2.75, 3.05) is 0 Å². The fraction of sp³-hybridized carbons (Fsp3) is 0.250. The summed E-state index contributed by atoms with van der Waals surface area (Å²) in [6, 6.07) is 1.41. The van der Waals surface area contributed by atoms with E-state index in [1.54, 1.807) is 17.0 Å². The Kier molecular flexibility index (Phi) is 3.57. The first-order valence-electron chi connectivity index (χ1n) is 5.40. The van der Waals surface area contributed by atoms with Gasteiger partial charge in [-0.1, -0.05) is 0 Å². The standard InChI is InChI=1S/C12H12N2O3S/c1-8(15)9-6-10(12(16)17)14(7-9)4-2-11-13-3-5-18-11/h3,5-7H,2,4H2,1H3,(H,16,17). The van der Waals surface area contributed by atoms with Gasteiger partial charge in [-0.25, -0.2) is 9.78 Å². The fourth-order valence-corrected chi connectivity index (χ4v) is 2.27. The number of carbonyl (C=O) groups is 2. The monoisotopic (exact) mass is 264 g/mol. The molecule has 0 aromatic carbocycles. The number of ketones is 1. The molecular weight excluding hydrogens is 252 g/mol. The molecule has 2 rings (SSSR count). The van der Waals surface area contributed by atoms with Crippen molar-refractivity contribution in [2.24, 2.45) is 0 Å². The molecule has 0 bridgehead atoms. The van der Waals surface area contributed by atoms with Crippen molar-refractivity contribution in [1.82, 2.24) is 9.55 Å². The molecule has 0 fully saturated rings. The predicted molar refractivity (Wildman–Crippen MR) is 67.2 cm³/mol. The zero-order valence-electron chi connectivity index (χ0n) is 9.79. The summed E-state index contributed by atoms with van der Waals surface area (Å²) >= 11 is 1.53. The number of rotatable bonds is 5. The fourth-order valence-electron chi connectivity index (χ4n) is 1.66. The van der Waals surface area contributed by atoms with Crippen LogP contribution in [0.4, 0.5) is 0 Å². The number of carboxylic acids is 1. The Balaban J connectivity index is 2.20. The number of hydrogen-bond acceptors (Lipinski definition) is 4. The summed E-state index contributed by atoms with van der Waals surface area (Å²) in [5.74, 6) is -1.16. The maximum Gasteiger partial charge on any atom is 0.352 e. The Morgan fingerprint density at radius 2 is 2.28 bits per heavy atom. The Labute approximate surface area is 108 Å². The molecule has 18 heavy (non-hydrogen) atoms. The van der Waals surface area contributed by atoms with Crippen LogP contribution in [0.1, 0.15) is 32.8 Å². The van der Waals surface area contributed by atoms with Gasteiger partial charge in [0, 0.05) is 36.3 Å². The van der Waals surface area contributed by atoms with E-state index in [1.165, 1.54) is 24.3 Å². The van der Waals surface area contributed by atoms with Crippen molar-refractivity contribution in [2.45, 2.75) is 19.9 Å². The second kappa shape index (κ2) is 5.14. The van der Waals surface area contributed by atoms with Crippen molar-refractivity contribution >= 4 is 23.1 Å². The summed E-state index contributed by atoms with van der Waals surface area (Å²) in [4.78, 5) is 26.5. The average molecular weight is 264 g/mol. The van der Waals surface area contributed by atoms with Gasteiger partial charge in [-0.05, 0) is 13.0 Å². The van der Waals surface area contributed by atoms with E-state index in [-0.39, 0.29) is 11.5 Å². The molecule has 0 spiro atoms. The van der Waals surface area contributed by atoms with Gasteiger partial charge in [-0.2, -0.15) is 0 Å². The molecule has 0 atom stereocenters. The van der Waals surface area contributed by atoms with E-state index in [4.69, 9.17) is 5.11 Å². The van der Waals surface area contributed by atoms with Crippen LogP contribution < -0.4 is 0 Å². The molecular formula is C12H12N2O3S. The average Bonchev–Trinajstić information content (AvgIpc) is 2.95. The zero-order chi connectivity index (χ0) is 13.1. The lowest BCUT2D eigenvalue weighted by Gasteiger charge is -2.03. The number of aromatic nitrogens is 2. The third-order valence-corrected chi connectivity index (χ3v) is 3.41. The molecule has 0 aliphatic heterocycles. The van der Waals surface area contributed by atoms with Gasteiger partial charge in [0.25, 0.3) is 0 Å². The van der Waals surface area contributed by atoms with Crippen LogP contribution in [0, 0.1) is 0 Å². The molecule has 0 aliphatic carbocycles. The minimum absolute atomic E-state index is 0.134. The summed E-state index contributed by atoms with van der Waals surface area (Å²) < 4.78 is 1.58. The minimum atomic E-state index is -1.03. The lowest BCUT2D eigenvalue weighted by atomic mass is 10.2. The third kappa shape index (κ3) is 2.65. The molecule has 0 saturated carbocycles. The summed E-state index contributed by atoms with van der Waals surface area (Å²) in [5, 5.41) is 11.9. The normalized spacial score (nSPS) is 10.5.